The third kappa shape index (κ3) is 4.16. The molecule has 0 N–H and O–H groups in total. The summed E-state index contributed by atoms with van der Waals surface area (Å²) in [6, 6.07) is 7.30. The van der Waals surface area contributed by atoms with Gasteiger partial charge in [-0.05, 0) is 31.9 Å². The Kier molecular flexibility index (Phi) is 5.86. The number of methoxy groups -OCH3 is 1. The Bertz CT molecular complexity index is 588. The van der Waals surface area contributed by atoms with Gasteiger partial charge < -0.3 is 14.4 Å². The van der Waals surface area contributed by atoms with E-state index in [0.29, 0.717) is 23.1 Å². The molecule has 5 nitrogen and oxygen atoms in total. The molecule has 0 saturated heterocycles. The second-order valence-electron chi connectivity index (χ2n) is 5.98. The lowest BCUT2D eigenvalue weighted by molar-refractivity contribution is -0.139. The van der Waals surface area contributed by atoms with E-state index < -0.39 is 6.10 Å². The summed E-state index contributed by atoms with van der Waals surface area (Å²) in [6.07, 6.45) is 5.16. The number of rotatable bonds is 5. The van der Waals surface area contributed by atoms with Crippen LogP contribution in [0.15, 0.2) is 18.2 Å². The van der Waals surface area contributed by atoms with Crippen molar-refractivity contribution in [2.24, 2.45) is 0 Å². The third-order valence-corrected chi connectivity index (χ3v) is 4.41. The van der Waals surface area contributed by atoms with Gasteiger partial charge >= 0.3 is 0 Å². The van der Waals surface area contributed by atoms with Gasteiger partial charge in [0.15, 0.2) is 17.6 Å². The summed E-state index contributed by atoms with van der Waals surface area (Å²) in [6.45, 7) is 1.75. The highest BCUT2D eigenvalue weighted by Crippen LogP contribution is 2.29. The number of carbonyl (C=O) groups is 1. The van der Waals surface area contributed by atoms with Crippen molar-refractivity contribution in [2.45, 2.75) is 51.2 Å². The summed E-state index contributed by atoms with van der Waals surface area (Å²) in [5.41, 5.74) is 0.493. The van der Waals surface area contributed by atoms with Crippen molar-refractivity contribution in [3.63, 3.8) is 0 Å². The predicted molar refractivity (Wildman–Crippen MR) is 87.4 cm³/mol. The van der Waals surface area contributed by atoms with Crippen molar-refractivity contribution in [2.75, 3.05) is 14.2 Å². The molecule has 1 saturated carbocycles. The van der Waals surface area contributed by atoms with Gasteiger partial charge in [0.25, 0.3) is 5.91 Å². The Morgan fingerprint density at radius 3 is 2.61 bits per heavy atom. The summed E-state index contributed by atoms with van der Waals surface area (Å²) in [7, 11) is 3.37. The lowest BCUT2D eigenvalue weighted by Gasteiger charge is -2.33. The minimum absolute atomic E-state index is 0.0247. The van der Waals surface area contributed by atoms with E-state index in [1.807, 2.05) is 11.9 Å². The Labute approximate surface area is 137 Å². The van der Waals surface area contributed by atoms with Gasteiger partial charge in [-0.25, -0.2) is 0 Å². The maximum atomic E-state index is 12.6. The standard InChI is InChI=1S/C18H24N2O3/c1-13(18(21)20(2)15-7-5-4-6-8-15)23-16-10-9-14(12-19)11-17(16)22-3/h9-11,13,15H,4-8H2,1-3H3/t13-/m0/s1. The highest BCUT2D eigenvalue weighted by atomic mass is 16.5. The molecule has 2 rings (SSSR count). The van der Waals surface area contributed by atoms with Gasteiger partial charge in [0.05, 0.1) is 18.7 Å². The van der Waals surface area contributed by atoms with E-state index in [-0.39, 0.29) is 5.91 Å². The van der Waals surface area contributed by atoms with E-state index in [4.69, 9.17) is 14.7 Å². The first-order valence-corrected chi connectivity index (χ1v) is 8.08. The van der Waals surface area contributed by atoms with Gasteiger partial charge in [-0.3, -0.25) is 4.79 Å². The number of nitriles is 1. The molecule has 0 spiro atoms. The number of likely N-dealkylation sites (N-methyl/N-ethyl adjacent to an activating group) is 1. The van der Waals surface area contributed by atoms with Crippen LogP contribution in [0.2, 0.25) is 0 Å². The first-order chi connectivity index (χ1) is 11.1. The maximum Gasteiger partial charge on any atom is 0.263 e. The average molecular weight is 316 g/mol. The summed E-state index contributed by atoms with van der Waals surface area (Å²) in [5.74, 6) is 0.914. The Morgan fingerprint density at radius 2 is 2.00 bits per heavy atom. The molecule has 1 aromatic rings. The van der Waals surface area contributed by atoms with E-state index in [1.54, 1.807) is 25.1 Å². The zero-order valence-electron chi connectivity index (χ0n) is 14.0. The van der Waals surface area contributed by atoms with Crippen LogP contribution >= 0.6 is 0 Å². The summed E-state index contributed by atoms with van der Waals surface area (Å²) < 4.78 is 11.0. The largest absolute Gasteiger partial charge is 0.493 e. The highest BCUT2D eigenvalue weighted by molar-refractivity contribution is 5.81. The van der Waals surface area contributed by atoms with E-state index in [2.05, 4.69) is 6.07 Å². The molecular formula is C18H24N2O3. The monoisotopic (exact) mass is 316 g/mol. The van der Waals surface area contributed by atoms with Gasteiger partial charge in [0, 0.05) is 19.2 Å². The average Bonchev–Trinajstić information content (AvgIpc) is 2.61. The van der Waals surface area contributed by atoms with Crippen LogP contribution in [-0.2, 0) is 4.79 Å². The lowest BCUT2D eigenvalue weighted by Crippen LogP contribution is -2.44. The first kappa shape index (κ1) is 17.1. The Morgan fingerprint density at radius 1 is 1.30 bits per heavy atom. The van der Waals surface area contributed by atoms with Crippen molar-refractivity contribution in [3.8, 4) is 17.6 Å². The van der Waals surface area contributed by atoms with Crippen LogP contribution < -0.4 is 9.47 Å². The fourth-order valence-corrected chi connectivity index (χ4v) is 3.01. The topological polar surface area (TPSA) is 62.6 Å². The minimum atomic E-state index is -0.594. The van der Waals surface area contributed by atoms with Crippen LogP contribution in [0, 0.1) is 11.3 Å². The molecule has 1 aromatic carbocycles. The van der Waals surface area contributed by atoms with Crippen LogP contribution in [0.4, 0.5) is 0 Å². The fraction of sp³-hybridized carbons (Fsp3) is 0.556. The SMILES string of the molecule is COc1cc(C#N)ccc1O[C@@H](C)C(=O)N(C)C1CCCCC1. The molecule has 1 atom stereocenters. The molecular weight excluding hydrogens is 292 g/mol. The van der Waals surface area contributed by atoms with Gasteiger partial charge in [-0.2, -0.15) is 5.26 Å². The molecule has 1 fully saturated rings. The molecule has 1 aliphatic carbocycles. The smallest absolute Gasteiger partial charge is 0.263 e. The number of amides is 1. The highest BCUT2D eigenvalue weighted by Gasteiger charge is 2.27. The molecule has 23 heavy (non-hydrogen) atoms. The quantitative estimate of drug-likeness (QED) is 0.837. The Balaban J connectivity index is 2.04. The lowest BCUT2D eigenvalue weighted by atomic mass is 9.94. The maximum absolute atomic E-state index is 12.6. The van der Waals surface area contributed by atoms with Gasteiger partial charge in [-0.1, -0.05) is 19.3 Å². The minimum Gasteiger partial charge on any atom is -0.493 e. The van der Waals surface area contributed by atoms with Crippen molar-refractivity contribution >= 4 is 5.91 Å². The number of nitrogens with zero attached hydrogens (tertiary/aromatic N) is 2. The fourth-order valence-electron chi connectivity index (χ4n) is 3.01. The molecule has 1 amide bonds. The van der Waals surface area contributed by atoms with Crippen molar-refractivity contribution in [1.82, 2.24) is 4.90 Å². The second kappa shape index (κ2) is 7.87. The van der Waals surface area contributed by atoms with Crippen molar-refractivity contribution < 1.29 is 14.3 Å². The second-order valence-corrected chi connectivity index (χ2v) is 5.98. The number of hydrogen-bond donors (Lipinski definition) is 0. The van der Waals surface area contributed by atoms with Crippen LogP contribution in [0.3, 0.4) is 0 Å². The molecule has 124 valence electrons. The summed E-state index contributed by atoms with van der Waals surface area (Å²) in [5, 5.41) is 8.93. The number of ether oxygens (including phenoxy) is 2. The molecule has 1 aliphatic rings. The first-order valence-electron chi connectivity index (χ1n) is 8.08. The normalized spacial score (nSPS) is 16.3. The van der Waals surface area contributed by atoms with Crippen molar-refractivity contribution in [1.29, 1.82) is 5.26 Å². The van der Waals surface area contributed by atoms with Crippen LogP contribution in [0.25, 0.3) is 0 Å². The molecule has 0 unspecified atom stereocenters. The number of hydrogen-bond acceptors (Lipinski definition) is 4. The van der Waals surface area contributed by atoms with E-state index in [1.165, 1.54) is 26.4 Å². The van der Waals surface area contributed by atoms with Gasteiger partial charge in [-0.15, -0.1) is 0 Å². The van der Waals surface area contributed by atoms with Crippen LogP contribution in [-0.4, -0.2) is 37.1 Å². The zero-order chi connectivity index (χ0) is 16.8. The molecule has 0 radical (unpaired) electrons. The van der Waals surface area contributed by atoms with Crippen molar-refractivity contribution in [3.05, 3.63) is 23.8 Å². The third-order valence-electron chi connectivity index (χ3n) is 4.41. The molecule has 0 bridgehead atoms. The number of carbonyl (C=O) groups excluding carboxylic acids is 1. The summed E-state index contributed by atoms with van der Waals surface area (Å²) in [4.78, 5) is 14.4. The summed E-state index contributed by atoms with van der Waals surface area (Å²) >= 11 is 0. The van der Waals surface area contributed by atoms with Gasteiger partial charge in [0.2, 0.25) is 0 Å². The zero-order valence-corrected chi connectivity index (χ0v) is 14.0. The predicted octanol–water partition coefficient (Wildman–Crippen LogP) is 3.13. The van der Waals surface area contributed by atoms with E-state index >= 15 is 0 Å². The van der Waals surface area contributed by atoms with Gasteiger partial charge in [0.1, 0.15) is 0 Å². The molecule has 0 aromatic heterocycles. The van der Waals surface area contributed by atoms with E-state index in [0.717, 1.165) is 12.8 Å². The van der Waals surface area contributed by atoms with Crippen LogP contribution in [0.5, 0.6) is 11.5 Å². The van der Waals surface area contributed by atoms with E-state index in [9.17, 15) is 4.79 Å². The van der Waals surface area contributed by atoms with Crippen LogP contribution in [0.1, 0.15) is 44.6 Å². The molecule has 0 aliphatic heterocycles. The number of benzene rings is 1. The molecule has 0 heterocycles. The Hall–Kier alpha value is -2.22. The molecule has 5 heteroatoms.